The van der Waals surface area contributed by atoms with Crippen molar-refractivity contribution in [1.29, 1.82) is 0 Å². The van der Waals surface area contributed by atoms with Crippen LogP contribution in [-0.4, -0.2) is 30.5 Å². The highest BCUT2D eigenvalue weighted by atomic mass is 79.9. The Morgan fingerprint density at radius 2 is 1.89 bits per heavy atom. The Labute approximate surface area is 209 Å². The number of hydrogen-bond donors (Lipinski definition) is 1. The molecular weight excluding hydrogens is 511 g/mol. The second-order valence-corrected chi connectivity index (χ2v) is 9.22. The van der Waals surface area contributed by atoms with Gasteiger partial charge in [0.1, 0.15) is 12.4 Å². The summed E-state index contributed by atoms with van der Waals surface area (Å²) in [6.45, 7) is 4.42. The number of halogens is 2. The van der Waals surface area contributed by atoms with E-state index >= 15 is 0 Å². The highest BCUT2D eigenvalue weighted by Crippen LogP contribution is 2.30. The van der Waals surface area contributed by atoms with Gasteiger partial charge >= 0.3 is 0 Å². The van der Waals surface area contributed by atoms with Gasteiger partial charge in [0.25, 0.3) is 0 Å². The molecule has 0 aliphatic carbocycles. The maximum Gasteiger partial charge on any atom is 0.247 e. The molecule has 7 nitrogen and oxygen atoms in total. The Hall–Kier alpha value is -3.85. The lowest BCUT2D eigenvalue weighted by Gasteiger charge is -2.07. The van der Waals surface area contributed by atoms with Crippen LogP contribution in [0.25, 0.3) is 22.2 Å². The third kappa shape index (κ3) is 4.85. The molecule has 0 bridgehead atoms. The first-order chi connectivity index (χ1) is 16.9. The van der Waals surface area contributed by atoms with Gasteiger partial charge in [-0.3, -0.25) is 9.48 Å². The molecule has 3 aromatic heterocycles. The van der Waals surface area contributed by atoms with Crippen molar-refractivity contribution in [3.05, 3.63) is 94.1 Å². The monoisotopic (exact) mass is 532 g/mol. The molecule has 0 spiro atoms. The molecule has 0 aliphatic heterocycles. The van der Waals surface area contributed by atoms with Gasteiger partial charge < -0.3 is 5.32 Å². The fourth-order valence-corrected chi connectivity index (χ4v) is 4.51. The number of aryl methyl sites for hydroxylation is 2. The standard InChI is InChI=1S/C26H22BrFN6O/c1-16-4-3-5-19(12-16)21-10-11-29-26-24(21)17(2)31-34(26)15-23(35)30-25-22(27)14-33(32-25)13-18-6-8-20(28)9-7-18/h3-12,14H,13,15H2,1-2H3,(H,30,32,35). The molecule has 1 N–H and O–H groups in total. The zero-order valence-corrected chi connectivity index (χ0v) is 20.8. The average molecular weight is 533 g/mol. The zero-order valence-electron chi connectivity index (χ0n) is 19.2. The van der Waals surface area contributed by atoms with E-state index in [1.165, 1.54) is 17.7 Å². The predicted molar refractivity (Wildman–Crippen MR) is 136 cm³/mol. The van der Waals surface area contributed by atoms with Crippen molar-refractivity contribution in [1.82, 2.24) is 24.5 Å². The number of anilines is 1. The van der Waals surface area contributed by atoms with Crippen LogP contribution in [0.1, 0.15) is 16.8 Å². The van der Waals surface area contributed by atoms with E-state index in [0.29, 0.717) is 22.5 Å². The fraction of sp³-hybridized carbons (Fsp3) is 0.154. The van der Waals surface area contributed by atoms with Crippen molar-refractivity contribution in [2.45, 2.75) is 26.9 Å². The number of pyridine rings is 1. The van der Waals surface area contributed by atoms with Crippen molar-refractivity contribution in [2.75, 3.05) is 5.32 Å². The van der Waals surface area contributed by atoms with Gasteiger partial charge in [0.05, 0.1) is 16.7 Å². The van der Waals surface area contributed by atoms with Crippen LogP contribution < -0.4 is 5.32 Å². The molecule has 0 atom stereocenters. The first-order valence-corrected chi connectivity index (χ1v) is 11.8. The Kier molecular flexibility index (Phi) is 6.17. The van der Waals surface area contributed by atoms with Crippen LogP contribution in [0.3, 0.4) is 0 Å². The molecule has 0 aliphatic rings. The number of hydrogen-bond acceptors (Lipinski definition) is 4. The molecule has 3 heterocycles. The zero-order chi connectivity index (χ0) is 24.5. The van der Waals surface area contributed by atoms with Crippen LogP contribution >= 0.6 is 15.9 Å². The summed E-state index contributed by atoms with van der Waals surface area (Å²) in [4.78, 5) is 17.4. The molecule has 176 valence electrons. The summed E-state index contributed by atoms with van der Waals surface area (Å²) in [7, 11) is 0. The highest BCUT2D eigenvalue weighted by Gasteiger charge is 2.17. The topological polar surface area (TPSA) is 77.6 Å². The van der Waals surface area contributed by atoms with Gasteiger partial charge in [0.15, 0.2) is 11.5 Å². The second-order valence-electron chi connectivity index (χ2n) is 8.37. The van der Waals surface area contributed by atoms with Gasteiger partial charge in [0, 0.05) is 17.8 Å². The number of amides is 1. The summed E-state index contributed by atoms with van der Waals surface area (Å²) in [5.74, 6) is -0.159. The lowest BCUT2D eigenvalue weighted by Crippen LogP contribution is -2.20. The van der Waals surface area contributed by atoms with Gasteiger partial charge in [-0.25, -0.2) is 14.1 Å². The first kappa shape index (κ1) is 22.9. The van der Waals surface area contributed by atoms with E-state index in [1.54, 1.807) is 33.9 Å². The van der Waals surface area contributed by atoms with Crippen molar-refractivity contribution >= 4 is 38.7 Å². The number of carbonyl (C=O) groups excluding carboxylic acids is 1. The van der Waals surface area contributed by atoms with Gasteiger partial charge in [-0.15, -0.1) is 0 Å². The number of aromatic nitrogens is 5. The number of rotatable bonds is 6. The Bertz CT molecular complexity index is 1540. The van der Waals surface area contributed by atoms with Gasteiger partial charge in [-0.1, -0.05) is 42.0 Å². The van der Waals surface area contributed by atoms with Gasteiger partial charge in [-0.2, -0.15) is 10.2 Å². The Balaban J connectivity index is 1.36. The van der Waals surface area contributed by atoms with Crippen LogP contribution in [0.15, 0.2) is 71.5 Å². The van der Waals surface area contributed by atoms with Gasteiger partial charge in [-0.05, 0) is 64.7 Å². The van der Waals surface area contributed by atoms with Crippen LogP contribution in [0, 0.1) is 19.7 Å². The van der Waals surface area contributed by atoms with Crippen molar-refractivity contribution in [3.63, 3.8) is 0 Å². The van der Waals surface area contributed by atoms with E-state index in [-0.39, 0.29) is 18.3 Å². The van der Waals surface area contributed by atoms with Crippen molar-refractivity contribution < 1.29 is 9.18 Å². The quantitative estimate of drug-likeness (QED) is 0.313. The Morgan fingerprint density at radius 1 is 1.09 bits per heavy atom. The van der Waals surface area contributed by atoms with E-state index in [4.69, 9.17) is 0 Å². The summed E-state index contributed by atoms with van der Waals surface area (Å²) in [6, 6.07) is 16.5. The number of carbonyl (C=O) groups is 1. The van der Waals surface area contributed by atoms with E-state index in [0.717, 1.165) is 27.8 Å². The molecule has 2 aromatic carbocycles. The maximum absolute atomic E-state index is 13.2. The third-order valence-corrected chi connectivity index (χ3v) is 6.24. The van der Waals surface area contributed by atoms with Crippen LogP contribution in [-0.2, 0) is 17.9 Å². The molecule has 0 saturated heterocycles. The van der Waals surface area contributed by atoms with E-state index in [1.807, 2.05) is 19.1 Å². The van der Waals surface area contributed by atoms with Crippen molar-refractivity contribution in [2.24, 2.45) is 0 Å². The summed E-state index contributed by atoms with van der Waals surface area (Å²) in [5.41, 5.74) is 5.64. The Morgan fingerprint density at radius 3 is 2.66 bits per heavy atom. The fourth-order valence-electron chi connectivity index (χ4n) is 4.09. The largest absolute Gasteiger partial charge is 0.307 e. The summed E-state index contributed by atoms with van der Waals surface area (Å²) in [5, 5.41) is 12.8. The van der Waals surface area contributed by atoms with E-state index < -0.39 is 0 Å². The minimum Gasteiger partial charge on any atom is -0.307 e. The van der Waals surface area contributed by atoms with Crippen LogP contribution in [0.2, 0.25) is 0 Å². The highest BCUT2D eigenvalue weighted by molar-refractivity contribution is 9.10. The molecule has 35 heavy (non-hydrogen) atoms. The molecular formula is C26H22BrFN6O. The third-order valence-electron chi connectivity index (χ3n) is 5.66. The van der Waals surface area contributed by atoms with Crippen molar-refractivity contribution in [3.8, 4) is 11.1 Å². The molecule has 1 amide bonds. The molecule has 0 radical (unpaired) electrons. The second kappa shape index (κ2) is 9.42. The summed E-state index contributed by atoms with van der Waals surface area (Å²) < 4.78 is 17.1. The summed E-state index contributed by atoms with van der Waals surface area (Å²) >= 11 is 3.45. The molecule has 5 aromatic rings. The maximum atomic E-state index is 13.2. The SMILES string of the molecule is Cc1cccc(-c2ccnc3c2c(C)nn3CC(=O)Nc2nn(Cc3ccc(F)cc3)cc2Br)c1. The lowest BCUT2D eigenvalue weighted by atomic mass is 10.0. The minimum atomic E-state index is -0.287. The van der Waals surface area contributed by atoms with E-state index in [2.05, 4.69) is 61.6 Å². The lowest BCUT2D eigenvalue weighted by molar-refractivity contribution is -0.116. The van der Waals surface area contributed by atoms with E-state index in [9.17, 15) is 9.18 Å². The molecule has 5 rings (SSSR count). The first-order valence-electron chi connectivity index (χ1n) is 11.0. The van der Waals surface area contributed by atoms with Gasteiger partial charge in [0.2, 0.25) is 5.91 Å². The molecule has 0 unspecified atom stereocenters. The average Bonchev–Trinajstić information content (AvgIpc) is 3.33. The van der Waals surface area contributed by atoms with Crippen LogP contribution in [0.4, 0.5) is 10.2 Å². The summed E-state index contributed by atoms with van der Waals surface area (Å²) in [6.07, 6.45) is 3.51. The molecule has 0 fully saturated rings. The minimum absolute atomic E-state index is 0.00806. The molecule has 0 saturated carbocycles. The smallest absolute Gasteiger partial charge is 0.247 e. The predicted octanol–water partition coefficient (Wildman–Crippen LogP) is 5.50. The normalized spacial score (nSPS) is 11.2. The number of fused-ring (bicyclic) bond motifs is 1. The number of nitrogens with zero attached hydrogens (tertiary/aromatic N) is 5. The van der Waals surface area contributed by atoms with Crippen LogP contribution in [0.5, 0.6) is 0 Å². The number of nitrogens with one attached hydrogen (secondary N) is 1. The number of benzene rings is 2. The molecule has 9 heteroatoms.